The molecule has 2 aromatic rings. The van der Waals surface area contributed by atoms with Gasteiger partial charge in [0.2, 0.25) is 0 Å². The first kappa shape index (κ1) is 18.2. The van der Waals surface area contributed by atoms with Gasteiger partial charge in [-0.1, -0.05) is 60.7 Å². The van der Waals surface area contributed by atoms with Crippen molar-refractivity contribution >= 4 is 16.8 Å². The first-order valence-electron chi connectivity index (χ1n) is 8.76. The van der Waals surface area contributed by atoms with Gasteiger partial charge in [-0.05, 0) is 41.8 Å². The maximum atomic E-state index is 5.97. The van der Waals surface area contributed by atoms with Crippen molar-refractivity contribution in [3.05, 3.63) is 116 Å². The fourth-order valence-electron chi connectivity index (χ4n) is 2.50. The van der Waals surface area contributed by atoms with Gasteiger partial charge >= 0.3 is 0 Å². The Morgan fingerprint density at radius 2 is 1.48 bits per heavy atom. The van der Waals surface area contributed by atoms with E-state index in [1.54, 1.807) is 12.5 Å². The number of rotatable bonds is 0. The van der Waals surface area contributed by atoms with Gasteiger partial charge in [0, 0.05) is 11.6 Å². The molecule has 0 atom stereocenters. The molecular weight excluding hydrogens is 334 g/mol. The third-order valence-electron chi connectivity index (χ3n) is 3.71. The van der Waals surface area contributed by atoms with Crippen LogP contribution in [0, 0.1) is 0 Å². The van der Waals surface area contributed by atoms with Crippen LogP contribution in [-0.2, 0) is 4.74 Å². The van der Waals surface area contributed by atoms with E-state index in [1.165, 1.54) is 0 Å². The third kappa shape index (κ3) is 5.72. The summed E-state index contributed by atoms with van der Waals surface area (Å²) in [5.41, 5.74) is 0.874. The summed E-state index contributed by atoms with van der Waals surface area (Å²) in [4.78, 5) is 4.50. The monoisotopic (exact) mass is 355 g/mol. The molecule has 1 aromatic carbocycles. The van der Waals surface area contributed by atoms with E-state index in [1.807, 2.05) is 97.3 Å². The van der Waals surface area contributed by atoms with E-state index in [0.717, 1.165) is 22.2 Å². The smallest absolute Gasteiger partial charge is 0.129 e. The molecule has 0 aliphatic carbocycles. The molecule has 3 nitrogen and oxygen atoms in total. The average molecular weight is 355 g/mol. The van der Waals surface area contributed by atoms with Crippen LogP contribution in [0.4, 0.5) is 0 Å². The Morgan fingerprint density at radius 3 is 2.33 bits per heavy atom. The number of hydrogen-bond acceptors (Lipinski definition) is 3. The highest BCUT2D eigenvalue weighted by Gasteiger charge is 2.06. The predicted molar refractivity (Wildman–Crippen MR) is 112 cm³/mol. The molecule has 0 bridgehead atoms. The molecule has 0 saturated carbocycles. The fourth-order valence-corrected chi connectivity index (χ4v) is 2.50. The van der Waals surface area contributed by atoms with Crippen LogP contribution >= 0.6 is 0 Å². The molecule has 0 radical (unpaired) electrons. The molecule has 3 rings (SSSR count). The SMILES string of the molecule is C1=C/C=C\COc2cccc3ccnc(c23)\C=C/C=C\C=C/O/C=C\C=C1. The summed E-state index contributed by atoms with van der Waals surface area (Å²) in [6.07, 6.45) is 28.1. The number of nitrogens with zero attached hydrogens (tertiary/aromatic N) is 1. The minimum absolute atomic E-state index is 0.490. The average Bonchev–Trinajstić information content (AvgIpc) is 2.69. The Morgan fingerprint density at radius 1 is 0.741 bits per heavy atom. The Kier molecular flexibility index (Phi) is 7.02. The Hall–Kier alpha value is -3.59. The maximum absolute atomic E-state index is 5.97. The molecule has 0 amide bonds. The van der Waals surface area contributed by atoms with E-state index in [4.69, 9.17) is 9.47 Å². The maximum Gasteiger partial charge on any atom is 0.129 e. The zero-order valence-corrected chi connectivity index (χ0v) is 14.9. The van der Waals surface area contributed by atoms with E-state index in [0.29, 0.717) is 6.61 Å². The topological polar surface area (TPSA) is 31.4 Å². The lowest BCUT2D eigenvalue weighted by Gasteiger charge is -2.09. The number of aromatic nitrogens is 1. The van der Waals surface area contributed by atoms with Crippen LogP contribution in [-0.4, -0.2) is 11.6 Å². The van der Waals surface area contributed by atoms with Crippen molar-refractivity contribution < 1.29 is 9.47 Å². The number of benzene rings is 1. The van der Waals surface area contributed by atoms with Gasteiger partial charge in [0.25, 0.3) is 0 Å². The van der Waals surface area contributed by atoms with Gasteiger partial charge in [-0.2, -0.15) is 0 Å². The lowest BCUT2D eigenvalue weighted by molar-refractivity contribution is 0.367. The van der Waals surface area contributed by atoms with Gasteiger partial charge in [-0.3, -0.25) is 4.98 Å². The molecule has 1 aromatic heterocycles. The van der Waals surface area contributed by atoms with Crippen molar-refractivity contribution in [1.82, 2.24) is 4.98 Å². The van der Waals surface area contributed by atoms with E-state index < -0.39 is 0 Å². The molecule has 1 aliphatic rings. The van der Waals surface area contributed by atoms with Crippen LogP contribution in [0.25, 0.3) is 16.8 Å². The lowest BCUT2D eigenvalue weighted by atomic mass is 10.1. The van der Waals surface area contributed by atoms with E-state index in [9.17, 15) is 0 Å². The first-order chi connectivity index (χ1) is 13.4. The fraction of sp³-hybridized carbons (Fsp3) is 0.0417. The Bertz CT molecular complexity index is 954. The zero-order valence-electron chi connectivity index (χ0n) is 14.9. The minimum atomic E-state index is 0.490. The van der Waals surface area contributed by atoms with Gasteiger partial charge in [0.05, 0.1) is 18.2 Å². The normalized spacial score (nSPS) is 20.7. The van der Waals surface area contributed by atoms with Gasteiger partial charge in [-0.15, -0.1) is 0 Å². The van der Waals surface area contributed by atoms with Crippen LogP contribution in [0.2, 0.25) is 0 Å². The summed E-state index contributed by atoms with van der Waals surface area (Å²) in [5, 5.41) is 2.11. The largest absolute Gasteiger partial charge is 0.489 e. The lowest BCUT2D eigenvalue weighted by Crippen LogP contribution is -1.96. The van der Waals surface area contributed by atoms with E-state index in [-0.39, 0.29) is 0 Å². The second-order valence-electron chi connectivity index (χ2n) is 5.60. The summed E-state index contributed by atoms with van der Waals surface area (Å²) < 4.78 is 11.2. The summed E-state index contributed by atoms with van der Waals surface area (Å²) in [6.45, 7) is 0.490. The molecular formula is C24H21NO2. The minimum Gasteiger partial charge on any atom is -0.489 e. The Labute approximate surface area is 159 Å². The standard InChI is InChI=1S/C24H21NO2/c1-2-5-9-18-26-19-10-7-4-8-14-22-24-21(16-17-25-22)13-12-15-23(24)27-20-11-6-3-1/h1-19H,20H2/b3-1?,5-2?,7-4-,11-6-,14-8-,18-9-,19-10-. The quantitative estimate of drug-likeness (QED) is 0.589. The van der Waals surface area contributed by atoms with Gasteiger partial charge < -0.3 is 9.47 Å². The van der Waals surface area contributed by atoms with Gasteiger partial charge in [0.15, 0.2) is 0 Å². The molecule has 0 spiro atoms. The van der Waals surface area contributed by atoms with Gasteiger partial charge in [-0.25, -0.2) is 0 Å². The van der Waals surface area contributed by atoms with Crippen molar-refractivity contribution in [2.75, 3.05) is 6.61 Å². The second kappa shape index (κ2) is 10.4. The molecule has 0 unspecified atom stereocenters. The molecule has 3 heteroatoms. The summed E-state index contributed by atoms with van der Waals surface area (Å²) in [5.74, 6) is 0.825. The number of ether oxygens (including phenoxy) is 2. The number of allylic oxidation sites excluding steroid dienone is 10. The number of pyridine rings is 1. The Balaban J connectivity index is 1.91. The zero-order chi connectivity index (χ0) is 18.6. The van der Waals surface area contributed by atoms with Crippen molar-refractivity contribution in [3.63, 3.8) is 0 Å². The van der Waals surface area contributed by atoms with E-state index >= 15 is 0 Å². The summed E-state index contributed by atoms with van der Waals surface area (Å²) in [6, 6.07) is 8.03. The molecule has 1 aliphatic heterocycles. The number of hydrogen-bond donors (Lipinski definition) is 0. The van der Waals surface area contributed by atoms with Gasteiger partial charge in [0.1, 0.15) is 12.4 Å². The van der Waals surface area contributed by atoms with E-state index in [2.05, 4.69) is 11.1 Å². The van der Waals surface area contributed by atoms with Crippen LogP contribution < -0.4 is 4.74 Å². The summed E-state index contributed by atoms with van der Waals surface area (Å²) in [7, 11) is 0. The molecule has 0 N–H and O–H groups in total. The van der Waals surface area contributed by atoms with Crippen molar-refractivity contribution in [2.45, 2.75) is 0 Å². The molecule has 0 saturated heterocycles. The van der Waals surface area contributed by atoms with Crippen molar-refractivity contribution in [2.24, 2.45) is 0 Å². The van der Waals surface area contributed by atoms with Crippen molar-refractivity contribution in [3.8, 4) is 5.75 Å². The van der Waals surface area contributed by atoms with Crippen LogP contribution in [0.1, 0.15) is 5.69 Å². The first-order valence-corrected chi connectivity index (χ1v) is 8.76. The second-order valence-corrected chi connectivity index (χ2v) is 5.60. The molecule has 0 fully saturated rings. The molecule has 2 heterocycles. The van der Waals surface area contributed by atoms with Crippen molar-refractivity contribution in [1.29, 1.82) is 0 Å². The predicted octanol–water partition coefficient (Wildman–Crippen LogP) is 5.91. The highest BCUT2D eigenvalue weighted by Crippen LogP contribution is 2.28. The van der Waals surface area contributed by atoms with Crippen LogP contribution in [0.3, 0.4) is 0 Å². The highest BCUT2D eigenvalue weighted by atomic mass is 16.5. The summed E-state index contributed by atoms with van der Waals surface area (Å²) >= 11 is 0. The van der Waals surface area contributed by atoms with Crippen LogP contribution in [0.5, 0.6) is 5.75 Å². The van der Waals surface area contributed by atoms with Crippen LogP contribution in [0.15, 0.2) is 110 Å². The highest BCUT2D eigenvalue weighted by molar-refractivity contribution is 5.94. The molecule has 27 heavy (non-hydrogen) atoms. The molecule has 134 valence electrons. The third-order valence-corrected chi connectivity index (χ3v) is 3.71.